The van der Waals surface area contributed by atoms with Crippen molar-refractivity contribution in [3.63, 3.8) is 0 Å². The Hall–Kier alpha value is -0.570. The Morgan fingerprint density at radius 2 is 2.14 bits per heavy atom. The van der Waals surface area contributed by atoms with Crippen molar-refractivity contribution in [1.82, 2.24) is 4.90 Å². The van der Waals surface area contributed by atoms with Crippen molar-refractivity contribution in [3.05, 3.63) is 0 Å². The van der Waals surface area contributed by atoms with Crippen LogP contribution in [-0.2, 0) is 4.79 Å². The minimum atomic E-state index is -0.668. The van der Waals surface area contributed by atoms with Gasteiger partial charge in [0.1, 0.15) is 0 Å². The molecule has 1 fully saturated rings. The zero-order chi connectivity index (χ0) is 10.6. The third-order valence-corrected chi connectivity index (χ3v) is 2.85. The lowest BCUT2D eigenvalue weighted by atomic mass is 10.1. The van der Waals surface area contributed by atoms with Gasteiger partial charge < -0.3 is 5.11 Å². The van der Waals surface area contributed by atoms with E-state index in [1.807, 2.05) is 0 Å². The average Bonchev–Trinajstić information content (AvgIpc) is 2.93. The van der Waals surface area contributed by atoms with Gasteiger partial charge in [-0.25, -0.2) is 0 Å². The topological polar surface area (TPSA) is 40.5 Å². The van der Waals surface area contributed by atoms with Gasteiger partial charge in [0.15, 0.2) is 0 Å². The second-order valence-corrected chi connectivity index (χ2v) is 4.13. The molecule has 1 unspecified atom stereocenters. The van der Waals surface area contributed by atoms with Crippen LogP contribution in [0.3, 0.4) is 0 Å². The smallest absolute Gasteiger partial charge is 0.304 e. The van der Waals surface area contributed by atoms with E-state index >= 15 is 0 Å². The monoisotopic (exact) mass is 199 g/mol. The largest absolute Gasteiger partial charge is 0.481 e. The van der Waals surface area contributed by atoms with Crippen LogP contribution in [0.4, 0.5) is 0 Å². The molecule has 0 aromatic carbocycles. The molecule has 0 radical (unpaired) electrons. The van der Waals surface area contributed by atoms with Crippen molar-refractivity contribution in [2.24, 2.45) is 0 Å². The number of carboxylic acids is 1. The Balaban J connectivity index is 2.48. The highest BCUT2D eigenvalue weighted by atomic mass is 16.4. The van der Waals surface area contributed by atoms with Crippen LogP contribution >= 0.6 is 0 Å². The summed E-state index contributed by atoms with van der Waals surface area (Å²) in [5.74, 6) is -0.668. The van der Waals surface area contributed by atoms with E-state index < -0.39 is 5.97 Å². The summed E-state index contributed by atoms with van der Waals surface area (Å²) in [6, 6.07) is 0.930. The molecule has 0 heterocycles. The lowest BCUT2D eigenvalue weighted by Crippen LogP contribution is -2.38. The zero-order valence-corrected chi connectivity index (χ0v) is 9.20. The number of rotatable bonds is 7. The van der Waals surface area contributed by atoms with Crippen molar-refractivity contribution < 1.29 is 9.90 Å². The second-order valence-electron chi connectivity index (χ2n) is 4.13. The molecule has 1 rings (SSSR count). The molecule has 1 N–H and O–H groups in total. The Morgan fingerprint density at radius 1 is 1.50 bits per heavy atom. The summed E-state index contributed by atoms with van der Waals surface area (Å²) in [5.41, 5.74) is 0. The van der Waals surface area contributed by atoms with Crippen molar-refractivity contribution in [3.8, 4) is 0 Å². The number of hydrogen-bond acceptors (Lipinski definition) is 2. The molecular weight excluding hydrogens is 178 g/mol. The first-order valence-electron chi connectivity index (χ1n) is 5.66. The van der Waals surface area contributed by atoms with Gasteiger partial charge in [0, 0.05) is 12.1 Å². The van der Waals surface area contributed by atoms with Crippen LogP contribution in [0.5, 0.6) is 0 Å². The maximum Gasteiger partial charge on any atom is 0.304 e. The van der Waals surface area contributed by atoms with Crippen LogP contribution in [0.1, 0.15) is 46.0 Å². The van der Waals surface area contributed by atoms with Gasteiger partial charge in [-0.3, -0.25) is 9.69 Å². The van der Waals surface area contributed by atoms with Crippen LogP contribution in [0, 0.1) is 0 Å². The Morgan fingerprint density at radius 3 is 2.50 bits per heavy atom. The summed E-state index contributed by atoms with van der Waals surface area (Å²) >= 11 is 0. The molecule has 14 heavy (non-hydrogen) atoms. The first-order chi connectivity index (χ1) is 6.69. The predicted molar refractivity (Wildman–Crippen MR) is 56.4 cm³/mol. The van der Waals surface area contributed by atoms with Crippen molar-refractivity contribution >= 4 is 5.97 Å². The molecule has 0 amide bonds. The van der Waals surface area contributed by atoms with Gasteiger partial charge in [-0.2, -0.15) is 0 Å². The van der Waals surface area contributed by atoms with E-state index in [1.165, 1.54) is 12.8 Å². The Labute approximate surface area is 86.1 Å². The molecule has 82 valence electrons. The minimum Gasteiger partial charge on any atom is -0.481 e. The SMILES string of the molecule is CCCN(C1CC1)C(CC)CC(=O)O. The highest BCUT2D eigenvalue weighted by Crippen LogP contribution is 2.30. The van der Waals surface area contributed by atoms with Crippen molar-refractivity contribution in [2.75, 3.05) is 6.54 Å². The molecule has 3 heteroatoms. The van der Waals surface area contributed by atoms with Gasteiger partial charge in [-0.05, 0) is 32.2 Å². The predicted octanol–water partition coefficient (Wildman–Crippen LogP) is 2.11. The zero-order valence-electron chi connectivity index (χ0n) is 9.20. The summed E-state index contributed by atoms with van der Waals surface area (Å²) in [7, 11) is 0. The second kappa shape index (κ2) is 5.35. The van der Waals surface area contributed by atoms with Crippen LogP contribution < -0.4 is 0 Å². The molecule has 0 aliphatic heterocycles. The lowest BCUT2D eigenvalue weighted by Gasteiger charge is -2.29. The standard InChI is InChI=1S/C11H21NO2/c1-3-7-12(10-5-6-10)9(4-2)8-11(13)14/h9-10H,3-8H2,1-2H3,(H,13,14). The van der Waals surface area contributed by atoms with E-state index in [2.05, 4.69) is 18.7 Å². The molecule has 0 spiro atoms. The third-order valence-electron chi connectivity index (χ3n) is 2.85. The van der Waals surface area contributed by atoms with Gasteiger partial charge in [0.2, 0.25) is 0 Å². The lowest BCUT2D eigenvalue weighted by molar-refractivity contribution is -0.138. The van der Waals surface area contributed by atoms with Gasteiger partial charge in [0.25, 0.3) is 0 Å². The molecular formula is C11H21NO2. The van der Waals surface area contributed by atoms with Gasteiger partial charge in [-0.1, -0.05) is 13.8 Å². The molecule has 3 nitrogen and oxygen atoms in total. The van der Waals surface area contributed by atoms with E-state index in [1.54, 1.807) is 0 Å². The van der Waals surface area contributed by atoms with Crippen molar-refractivity contribution in [1.29, 1.82) is 0 Å². The molecule has 1 atom stereocenters. The molecule has 0 bridgehead atoms. The Kier molecular flexibility index (Phi) is 4.39. The van der Waals surface area contributed by atoms with Gasteiger partial charge >= 0.3 is 5.97 Å². The summed E-state index contributed by atoms with van der Waals surface area (Å²) in [4.78, 5) is 13.1. The molecule has 1 saturated carbocycles. The fraction of sp³-hybridized carbons (Fsp3) is 0.909. The molecule has 0 aromatic rings. The minimum absolute atomic E-state index is 0.250. The Bertz CT molecular complexity index is 190. The van der Waals surface area contributed by atoms with Crippen LogP contribution in [-0.4, -0.2) is 34.6 Å². The van der Waals surface area contributed by atoms with Crippen LogP contribution in [0.25, 0.3) is 0 Å². The van der Waals surface area contributed by atoms with Crippen LogP contribution in [0.15, 0.2) is 0 Å². The highest BCUT2D eigenvalue weighted by Gasteiger charge is 2.33. The fourth-order valence-corrected chi connectivity index (χ4v) is 2.03. The molecule has 1 aliphatic carbocycles. The maximum atomic E-state index is 10.7. The van der Waals surface area contributed by atoms with Crippen LogP contribution in [0.2, 0.25) is 0 Å². The number of carbonyl (C=O) groups is 1. The fourth-order valence-electron chi connectivity index (χ4n) is 2.03. The number of nitrogens with zero attached hydrogens (tertiary/aromatic N) is 1. The normalized spacial score (nSPS) is 18.5. The number of hydrogen-bond donors (Lipinski definition) is 1. The summed E-state index contributed by atoms with van der Waals surface area (Å²) in [6.07, 6.45) is 4.88. The first-order valence-corrected chi connectivity index (χ1v) is 5.66. The van der Waals surface area contributed by atoms with E-state index in [-0.39, 0.29) is 6.04 Å². The highest BCUT2D eigenvalue weighted by molar-refractivity contribution is 5.67. The third kappa shape index (κ3) is 3.29. The van der Waals surface area contributed by atoms with Gasteiger partial charge in [0.05, 0.1) is 6.42 Å². The molecule has 0 aromatic heterocycles. The van der Waals surface area contributed by atoms with Crippen molar-refractivity contribution in [2.45, 2.75) is 58.0 Å². The average molecular weight is 199 g/mol. The van der Waals surface area contributed by atoms with E-state index in [9.17, 15) is 4.79 Å². The maximum absolute atomic E-state index is 10.7. The van der Waals surface area contributed by atoms with Gasteiger partial charge in [-0.15, -0.1) is 0 Å². The van der Waals surface area contributed by atoms with E-state index in [0.29, 0.717) is 12.5 Å². The molecule has 1 aliphatic rings. The summed E-state index contributed by atoms with van der Waals surface area (Å²) in [5, 5.41) is 8.81. The molecule has 0 saturated heterocycles. The van der Waals surface area contributed by atoms with E-state index in [0.717, 1.165) is 19.4 Å². The number of carboxylic acid groups (broad SMARTS) is 1. The summed E-state index contributed by atoms with van der Waals surface area (Å²) < 4.78 is 0. The number of aliphatic carboxylic acids is 1. The first kappa shape index (κ1) is 11.5. The summed E-state index contributed by atoms with van der Waals surface area (Å²) in [6.45, 7) is 5.29. The quantitative estimate of drug-likeness (QED) is 0.682. The van der Waals surface area contributed by atoms with E-state index in [4.69, 9.17) is 5.11 Å².